The third-order valence-electron chi connectivity index (χ3n) is 4.91. The molecule has 4 nitrogen and oxygen atoms in total. The van der Waals surface area contributed by atoms with E-state index < -0.39 is 0 Å². The molecule has 5 heteroatoms. The number of carbonyl (C=O) groups excluding carboxylic acids is 1. The normalized spacial score (nSPS) is 24.7. The van der Waals surface area contributed by atoms with Crippen LogP contribution in [0, 0.1) is 18.3 Å². The highest BCUT2D eigenvalue weighted by molar-refractivity contribution is 7.13. The van der Waals surface area contributed by atoms with E-state index in [1.54, 1.807) is 18.4 Å². The monoisotopic (exact) mass is 309 g/mol. The van der Waals surface area contributed by atoms with Crippen molar-refractivity contribution in [2.45, 2.75) is 19.8 Å². The lowest BCUT2D eigenvalue weighted by Crippen LogP contribution is -2.39. The largest absolute Gasteiger partial charge is 0.384 e. The van der Waals surface area contributed by atoms with Crippen molar-refractivity contribution in [1.82, 2.24) is 4.90 Å². The number of amides is 1. The Kier molecular flexibility index (Phi) is 4.33. The summed E-state index contributed by atoms with van der Waals surface area (Å²) in [6.45, 7) is 6.04. The van der Waals surface area contributed by atoms with E-state index in [2.05, 4.69) is 0 Å². The van der Waals surface area contributed by atoms with Crippen LogP contribution in [0.25, 0.3) is 0 Å². The van der Waals surface area contributed by atoms with Crippen LogP contribution in [0.15, 0.2) is 12.1 Å². The van der Waals surface area contributed by atoms with E-state index in [1.165, 1.54) is 4.88 Å². The minimum Gasteiger partial charge on any atom is -0.384 e. The Labute approximate surface area is 130 Å². The van der Waals surface area contributed by atoms with Crippen LogP contribution >= 0.6 is 11.3 Å². The van der Waals surface area contributed by atoms with Gasteiger partial charge in [-0.1, -0.05) is 0 Å². The van der Waals surface area contributed by atoms with Crippen molar-refractivity contribution in [3.63, 3.8) is 0 Å². The third-order valence-corrected chi connectivity index (χ3v) is 5.90. The van der Waals surface area contributed by atoms with E-state index in [1.807, 2.05) is 24.0 Å². The van der Waals surface area contributed by atoms with E-state index in [0.29, 0.717) is 5.92 Å². The van der Waals surface area contributed by atoms with E-state index in [0.717, 1.165) is 50.6 Å². The van der Waals surface area contributed by atoms with Crippen LogP contribution < -0.4 is 0 Å². The second-order valence-electron chi connectivity index (χ2n) is 6.22. The zero-order valence-electron chi connectivity index (χ0n) is 12.8. The number of carbonyl (C=O) groups is 1. The maximum absolute atomic E-state index is 12.7. The van der Waals surface area contributed by atoms with Crippen LogP contribution in [0.5, 0.6) is 0 Å². The molecule has 0 bridgehead atoms. The summed E-state index contributed by atoms with van der Waals surface area (Å²) in [7, 11) is 1.75. The summed E-state index contributed by atoms with van der Waals surface area (Å²) >= 11 is 1.59. The summed E-state index contributed by atoms with van der Waals surface area (Å²) in [5.74, 6) is 0.606. The van der Waals surface area contributed by atoms with Gasteiger partial charge in [-0.25, -0.2) is 0 Å². The molecule has 21 heavy (non-hydrogen) atoms. The Morgan fingerprint density at radius 2 is 2.24 bits per heavy atom. The van der Waals surface area contributed by atoms with Crippen molar-refractivity contribution in [3.8, 4) is 0 Å². The van der Waals surface area contributed by atoms with Gasteiger partial charge >= 0.3 is 0 Å². The molecule has 2 saturated heterocycles. The summed E-state index contributed by atoms with van der Waals surface area (Å²) in [6, 6.07) is 3.97. The number of ether oxygens (including phenoxy) is 2. The Morgan fingerprint density at radius 3 is 2.86 bits per heavy atom. The quantitative estimate of drug-likeness (QED) is 0.861. The predicted molar refractivity (Wildman–Crippen MR) is 82.8 cm³/mol. The predicted octanol–water partition coefficient (Wildman–Crippen LogP) is 2.57. The summed E-state index contributed by atoms with van der Waals surface area (Å²) in [5, 5.41) is 0. The Morgan fingerprint density at radius 1 is 1.48 bits per heavy atom. The SMILES string of the molecule is COC[C@H]1CN(C(=O)c2ccc(C)s2)CC12CCOCC2. The van der Waals surface area contributed by atoms with Crippen molar-refractivity contribution in [2.75, 3.05) is 40.0 Å². The summed E-state index contributed by atoms with van der Waals surface area (Å²) in [6.07, 6.45) is 2.07. The van der Waals surface area contributed by atoms with E-state index >= 15 is 0 Å². The summed E-state index contributed by atoms with van der Waals surface area (Å²) < 4.78 is 10.9. The first-order valence-corrected chi connectivity index (χ1v) is 8.39. The fourth-order valence-corrected chi connectivity index (χ4v) is 4.50. The van der Waals surface area contributed by atoms with Crippen molar-refractivity contribution < 1.29 is 14.3 Å². The second-order valence-corrected chi connectivity index (χ2v) is 7.51. The average Bonchev–Trinajstić information content (AvgIpc) is 3.05. The van der Waals surface area contributed by atoms with Crippen LogP contribution in [0.1, 0.15) is 27.4 Å². The van der Waals surface area contributed by atoms with Crippen molar-refractivity contribution in [3.05, 3.63) is 21.9 Å². The Balaban J connectivity index is 1.77. The molecule has 1 amide bonds. The molecule has 3 rings (SSSR count). The van der Waals surface area contributed by atoms with Gasteiger partial charge in [-0.15, -0.1) is 11.3 Å². The summed E-state index contributed by atoms with van der Waals surface area (Å²) in [5.41, 5.74) is 0.191. The highest BCUT2D eigenvalue weighted by atomic mass is 32.1. The Bertz CT molecular complexity index is 507. The van der Waals surface area contributed by atoms with Crippen LogP contribution in [0.2, 0.25) is 0 Å². The lowest BCUT2D eigenvalue weighted by Gasteiger charge is -2.37. The fraction of sp³-hybridized carbons (Fsp3) is 0.688. The molecule has 1 spiro atoms. The molecule has 0 aromatic carbocycles. The number of aryl methyl sites for hydroxylation is 1. The molecule has 2 fully saturated rings. The first kappa shape index (κ1) is 15.0. The zero-order valence-corrected chi connectivity index (χ0v) is 13.6. The standard InChI is InChI=1S/C16H23NO3S/c1-12-3-4-14(21-12)15(18)17-9-13(10-19-2)16(11-17)5-7-20-8-6-16/h3-4,13H,5-11H2,1-2H3/t13-/m1/s1. The molecule has 1 aromatic rings. The molecular formula is C16H23NO3S. The van der Waals surface area contributed by atoms with Gasteiger partial charge in [-0.05, 0) is 37.3 Å². The van der Waals surface area contributed by atoms with Crippen molar-refractivity contribution in [2.24, 2.45) is 11.3 Å². The molecule has 3 heterocycles. The number of nitrogens with zero attached hydrogens (tertiary/aromatic N) is 1. The van der Waals surface area contributed by atoms with Crippen molar-refractivity contribution in [1.29, 1.82) is 0 Å². The smallest absolute Gasteiger partial charge is 0.263 e. The van der Waals surface area contributed by atoms with Crippen LogP contribution in [-0.4, -0.2) is 50.8 Å². The van der Waals surface area contributed by atoms with Gasteiger partial charge in [0, 0.05) is 44.2 Å². The molecule has 116 valence electrons. The van der Waals surface area contributed by atoms with Crippen LogP contribution in [-0.2, 0) is 9.47 Å². The highest BCUT2D eigenvalue weighted by Gasteiger charge is 2.48. The maximum atomic E-state index is 12.7. The molecule has 1 atom stereocenters. The van der Waals surface area contributed by atoms with Gasteiger partial charge in [-0.2, -0.15) is 0 Å². The van der Waals surface area contributed by atoms with Gasteiger partial charge in [0.05, 0.1) is 11.5 Å². The molecule has 0 N–H and O–H groups in total. The maximum Gasteiger partial charge on any atom is 0.263 e. The van der Waals surface area contributed by atoms with Crippen LogP contribution in [0.4, 0.5) is 0 Å². The Hall–Kier alpha value is -0.910. The second kappa shape index (κ2) is 6.07. The third kappa shape index (κ3) is 2.87. The van der Waals surface area contributed by atoms with E-state index in [4.69, 9.17) is 9.47 Å². The number of rotatable bonds is 3. The van der Waals surface area contributed by atoms with E-state index in [9.17, 15) is 4.79 Å². The fourth-order valence-electron chi connectivity index (χ4n) is 3.67. The van der Waals surface area contributed by atoms with E-state index in [-0.39, 0.29) is 11.3 Å². The molecular weight excluding hydrogens is 286 g/mol. The van der Waals surface area contributed by atoms with Gasteiger partial charge in [0.25, 0.3) is 5.91 Å². The van der Waals surface area contributed by atoms with Gasteiger partial charge in [0.2, 0.25) is 0 Å². The number of hydrogen-bond donors (Lipinski definition) is 0. The molecule has 1 aromatic heterocycles. The summed E-state index contributed by atoms with van der Waals surface area (Å²) in [4.78, 5) is 16.8. The van der Waals surface area contributed by atoms with Gasteiger partial charge < -0.3 is 14.4 Å². The molecule has 2 aliphatic heterocycles. The molecule has 0 aliphatic carbocycles. The highest BCUT2D eigenvalue weighted by Crippen LogP contribution is 2.44. The van der Waals surface area contributed by atoms with Gasteiger partial charge in [-0.3, -0.25) is 4.79 Å². The number of likely N-dealkylation sites (tertiary alicyclic amines) is 1. The lowest BCUT2D eigenvalue weighted by atomic mass is 9.72. The number of hydrogen-bond acceptors (Lipinski definition) is 4. The average molecular weight is 309 g/mol. The molecule has 2 aliphatic rings. The van der Waals surface area contributed by atoms with Crippen LogP contribution in [0.3, 0.4) is 0 Å². The van der Waals surface area contributed by atoms with Crippen molar-refractivity contribution >= 4 is 17.2 Å². The first-order chi connectivity index (χ1) is 10.1. The minimum atomic E-state index is 0.178. The molecule has 0 saturated carbocycles. The first-order valence-electron chi connectivity index (χ1n) is 7.57. The van der Waals surface area contributed by atoms with Gasteiger partial charge in [0.1, 0.15) is 0 Å². The molecule has 0 unspecified atom stereocenters. The minimum absolute atomic E-state index is 0.178. The topological polar surface area (TPSA) is 38.8 Å². The lowest BCUT2D eigenvalue weighted by molar-refractivity contribution is -0.0168. The number of thiophene rings is 1. The van der Waals surface area contributed by atoms with Gasteiger partial charge in [0.15, 0.2) is 0 Å². The zero-order chi connectivity index (χ0) is 14.9. The number of methoxy groups -OCH3 is 1. The molecule has 0 radical (unpaired) electrons.